The monoisotopic (exact) mass is 569 g/mol. The zero-order valence-corrected chi connectivity index (χ0v) is 24.7. The second kappa shape index (κ2) is 15.9. The van der Waals surface area contributed by atoms with Crippen molar-refractivity contribution in [2.75, 3.05) is 13.2 Å². The van der Waals surface area contributed by atoms with Gasteiger partial charge in [0.15, 0.2) is 11.5 Å². The second-order valence-corrected chi connectivity index (χ2v) is 11.1. The highest BCUT2D eigenvalue weighted by Crippen LogP contribution is 2.31. The van der Waals surface area contributed by atoms with Crippen molar-refractivity contribution < 1.29 is 52.3 Å². The highest BCUT2D eigenvalue weighted by Gasteiger charge is 2.25. The molecule has 1 aromatic carbocycles. The first kappa shape index (κ1) is 34.5. The minimum atomic E-state index is -1.10. The molecule has 0 amide bonds. The zero-order valence-electron chi connectivity index (χ0n) is 24.7. The van der Waals surface area contributed by atoms with Gasteiger partial charge in [-0.1, -0.05) is 25.8 Å². The topological polar surface area (TPSA) is 159 Å². The van der Waals surface area contributed by atoms with Crippen molar-refractivity contribution in [1.29, 1.82) is 0 Å². The molecule has 1 aromatic rings. The van der Waals surface area contributed by atoms with E-state index in [0.29, 0.717) is 5.56 Å². The number of benzene rings is 1. The average Bonchev–Trinajstić information content (AvgIpc) is 2.79. The predicted octanol–water partition coefficient (Wildman–Crippen LogP) is 5.46. The van der Waals surface area contributed by atoms with Gasteiger partial charge < -0.3 is 38.9 Å². The van der Waals surface area contributed by atoms with E-state index < -0.39 is 47.8 Å². The molecule has 0 fully saturated rings. The summed E-state index contributed by atoms with van der Waals surface area (Å²) in [7, 11) is 0. The molecule has 0 aliphatic carbocycles. The van der Waals surface area contributed by atoms with Gasteiger partial charge in [0.25, 0.3) is 0 Å². The summed E-state index contributed by atoms with van der Waals surface area (Å²) < 4.78 is 36.0. The standard InChI is InChI=1S/C28H43NO11/c1-9-10-11-14-34-24(31)35-17-18(2)36-23(30)20(29)15-19-12-13-21(37-25(32)39-27(3,4)5)22(16-19)38-26(33)40-28(6,7)8/h12-13,16,18,20H,9-11,14-15,17,29H2,1-8H3/t18-,20-/m0/s1. The maximum absolute atomic E-state index is 12.5. The lowest BCUT2D eigenvalue weighted by atomic mass is 10.1. The Hall–Kier alpha value is -3.54. The van der Waals surface area contributed by atoms with Crippen LogP contribution < -0.4 is 15.2 Å². The molecule has 1 rings (SSSR count). The summed E-state index contributed by atoms with van der Waals surface area (Å²) in [5.74, 6) is -0.985. The summed E-state index contributed by atoms with van der Waals surface area (Å²) in [5.41, 5.74) is 4.85. The van der Waals surface area contributed by atoms with Gasteiger partial charge in [0, 0.05) is 0 Å². The van der Waals surface area contributed by atoms with Gasteiger partial charge in [-0.15, -0.1) is 0 Å². The molecule has 2 N–H and O–H groups in total. The van der Waals surface area contributed by atoms with Gasteiger partial charge >= 0.3 is 24.4 Å². The van der Waals surface area contributed by atoms with E-state index in [0.717, 1.165) is 19.3 Å². The zero-order chi connectivity index (χ0) is 30.5. The summed E-state index contributed by atoms with van der Waals surface area (Å²) in [5, 5.41) is 0. The van der Waals surface area contributed by atoms with Gasteiger partial charge in [0.05, 0.1) is 6.61 Å². The summed E-state index contributed by atoms with van der Waals surface area (Å²) in [6.07, 6.45) is -0.976. The van der Waals surface area contributed by atoms with Crippen molar-refractivity contribution in [3.63, 3.8) is 0 Å². The fourth-order valence-corrected chi connectivity index (χ4v) is 2.96. The Morgan fingerprint density at radius 1 is 0.825 bits per heavy atom. The van der Waals surface area contributed by atoms with E-state index in [4.69, 9.17) is 38.9 Å². The predicted molar refractivity (Wildman–Crippen MR) is 144 cm³/mol. The Morgan fingerprint density at radius 2 is 1.40 bits per heavy atom. The summed E-state index contributed by atoms with van der Waals surface area (Å²) in [4.78, 5) is 48.6. The lowest BCUT2D eigenvalue weighted by Gasteiger charge is -2.21. The van der Waals surface area contributed by atoms with Crippen molar-refractivity contribution in [2.45, 2.75) is 104 Å². The molecule has 12 nitrogen and oxygen atoms in total. The highest BCUT2D eigenvalue weighted by molar-refractivity contribution is 5.76. The minimum Gasteiger partial charge on any atom is -0.458 e. The lowest BCUT2D eigenvalue weighted by molar-refractivity contribution is -0.152. The molecule has 0 unspecified atom stereocenters. The molecule has 0 heterocycles. The fraction of sp³-hybridized carbons (Fsp3) is 0.643. The number of hydrogen-bond donors (Lipinski definition) is 1. The first-order valence-electron chi connectivity index (χ1n) is 13.2. The van der Waals surface area contributed by atoms with E-state index in [-0.39, 0.29) is 31.1 Å². The largest absolute Gasteiger partial charge is 0.514 e. The molecule has 2 atom stereocenters. The molecule has 12 heteroatoms. The van der Waals surface area contributed by atoms with Gasteiger partial charge in [0.1, 0.15) is 30.0 Å². The van der Waals surface area contributed by atoms with Crippen LogP contribution in [0.2, 0.25) is 0 Å². The van der Waals surface area contributed by atoms with Crippen LogP contribution in [-0.4, -0.2) is 61.0 Å². The molecule has 40 heavy (non-hydrogen) atoms. The smallest absolute Gasteiger partial charge is 0.458 e. The SMILES string of the molecule is CCCCCOC(=O)OC[C@H](C)OC(=O)[C@@H](N)Cc1ccc(OC(=O)OC(C)(C)C)c(OC(=O)OC(C)(C)C)c1. The summed E-state index contributed by atoms with van der Waals surface area (Å²) in [6, 6.07) is 3.20. The molecular weight excluding hydrogens is 526 g/mol. The van der Waals surface area contributed by atoms with E-state index in [2.05, 4.69) is 0 Å². The number of ether oxygens (including phenoxy) is 7. The Labute approximate surface area is 235 Å². The highest BCUT2D eigenvalue weighted by atomic mass is 16.8. The third-order valence-corrected chi connectivity index (χ3v) is 4.65. The van der Waals surface area contributed by atoms with Gasteiger partial charge in [-0.3, -0.25) is 4.79 Å². The van der Waals surface area contributed by atoms with Crippen LogP contribution in [0.5, 0.6) is 11.5 Å². The van der Waals surface area contributed by atoms with E-state index in [9.17, 15) is 19.2 Å². The maximum atomic E-state index is 12.5. The molecule has 0 bridgehead atoms. The average molecular weight is 570 g/mol. The van der Waals surface area contributed by atoms with E-state index in [1.807, 2.05) is 6.92 Å². The lowest BCUT2D eigenvalue weighted by Crippen LogP contribution is -2.37. The van der Waals surface area contributed by atoms with Crippen molar-refractivity contribution in [3.05, 3.63) is 23.8 Å². The van der Waals surface area contributed by atoms with Crippen molar-refractivity contribution in [3.8, 4) is 11.5 Å². The van der Waals surface area contributed by atoms with Crippen molar-refractivity contribution in [1.82, 2.24) is 0 Å². The van der Waals surface area contributed by atoms with Crippen LogP contribution in [-0.2, 0) is 34.9 Å². The number of nitrogens with two attached hydrogens (primary N) is 1. The van der Waals surface area contributed by atoms with Crippen LogP contribution in [0.25, 0.3) is 0 Å². The molecular formula is C28H43NO11. The minimum absolute atomic E-state index is 0.0106. The van der Waals surface area contributed by atoms with Crippen LogP contribution >= 0.6 is 0 Å². The third kappa shape index (κ3) is 15.2. The number of esters is 1. The molecule has 226 valence electrons. The van der Waals surface area contributed by atoms with Gasteiger partial charge in [-0.25, -0.2) is 14.4 Å². The Kier molecular flexibility index (Phi) is 13.7. The number of rotatable bonds is 12. The first-order chi connectivity index (χ1) is 18.5. The molecule has 0 saturated carbocycles. The van der Waals surface area contributed by atoms with Crippen molar-refractivity contribution >= 4 is 24.4 Å². The van der Waals surface area contributed by atoms with Gasteiger partial charge in [-0.2, -0.15) is 0 Å². The number of carbonyl (C=O) groups excluding carboxylic acids is 4. The van der Waals surface area contributed by atoms with Crippen molar-refractivity contribution in [2.24, 2.45) is 5.73 Å². The molecule has 0 radical (unpaired) electrons. The van der Waals surface area contributed by atoms with E-state index in [1.54, 1.807) is 48.5 Å². The molecule has 0 aromatic heterocycles. The molecule has 0 spiro atoms. The van der Waals surface area contributed by atoms with Crippen LogP contribution in [0.3, 0.4) is 0 Å². The van der Waals surface area contributed by atoms with Crippen LogP contribution in [0.1, 0.15) is 80.2 Å². The summed E-state index contributed by atoms with van der Waals surface area (Å²) in [6.45, 7) is 13.6. The van der Waals surface area contributed by atoms with E-state index in [1.165, 1.54) is 18.2 Å². The second-order valence-electron chi connectivity index (χ2n) is 11.1. The van der Waals surface area contributed by atoms with Crippen LogP contribution in [0.15, 0.2) is 18.2 Å². The maximum Gasteiger partial charge on any atom is 0.514 e. The number of carbonyl (C=O) groups is 4. The van der Waals surface area contributed by atoms with Crippen LogP contribution in [0, 0.1) is 0 Å². The normalized spacial score (nSPS) is 12.9. The third-order valence-electron chi connectivity index (χ3n) is 4.65. The molecule has 0 aliphatic rings. The summed E-state index contributed by atoms with van der Waals surface area (Å²) >= 11 is 0. The van der Waals surface area contributed by atoms with Gasteiger partial charge in [0.2, 0.25) is 0 Å². The first-order valence-corrected chi connectivity index (χ1v) is 13.2. The molecule has 0 saturated heterocycles. The van der Waals surface area contributed by atoms with Gasteiger partial charge in [-0.05, 0) is 79.0 Å². The molecule has 0 aliphatic heterocycles. The van der Waals surface area contributed by atoms with Crippen LogP contribution in [0.4, 0.5) is 14.4 Å². The van der Waals surface area contributed by atoms with E-state index >= 15 is 0 Å². The Bertz CT molecular complexity index is 995. The Balaban J connectivity index is 2.84. The number of hydrogen-bond acceptors (Lipinski definition) is 12. The fourth-order valence-electron chi connectivity index (χ4n) is 2.96. The Morgan fingerprint density at radius 3 is 1.95 bits per heavy atom. The quantitative estimate of drug-likeness (QED) is 0.147. The number of unbranched alkanes of at least 4 members (excludes halogenated alkanes) is 2.